The predicted molar refractivity (Wildman–Crippen MR) is 109 cm³/mol. The van der Waals surface area contributed by atoms with Gasteiger partial charge in [0.15, 0.2) is 6.10 Å². The van der Waals surface area contributed by atoms with E-state index in [1.807, 2.05) is 31.2 Å². The van der Waals surface area contributed by atoms with E-state index < -0.39 is 6.10 Å². The van der Waals surface area contributed by atoms with Gasteiger partial charge in [-0.1, -0.05) is 24.3 Å². The second-order valence-corrected chi connectivity index (χ2v) is 6.90. The minimum Gasteiger partial charge on any atom is -0.497 e. The Morgan fingerprint density at radius 2 is 1.96 bits per heavy atom. The molecule has 1 unspecified atom stereocenters. The van der Waals surface area contributed by atoms with Crippen LogP contribution in [0, 0.1) is 0 Å². The molecule has 146 valence electrons. The van der Waals surface area contributed by atoms with Gasteiger partial charge in [-0.15, -0.1) is 0 Å². The number of ether oxygens (including phenoxy) is 2. The number of anilines is 2. The first-order valence-corrected chi connectivity index (χ1v) is 9.06. The van der Waals surface area contributed by atoms with Crippen LogP contribution in [0.25, 0.3) is 0 Å². The van der Waals surface area contributed by atoms with Crippen LogP contribution in [-0.4, -0.2) is 31.6 Å². The largest absolute Gasteiger partial charge is 0.497 e. The molecular formula is C22H24N2O4. The van der Waals surface area contributed by atoms with Crippen LogP contribution in [0.3, 0.4) is 0 Å². The highest BCUT2D eigenvalue weighted by molar-refractivity contribution is 6.01. The van der Waals surface area contributed by atoms with E-state index in [1.165, 1.54) is 0 Å². The Labute approximate surface area is 164 Å². The number of carbonyl (C=O) groups excluding carboxylic acids is 2. The van der Waals surface area contributed by atoms with Gasteiger partial charge in [-0.3, -0.25) is 9.59 Å². The molecule has 1 aliphatic heterocycles. The van der Waals surface area contributed by atoms with Gasteiger partial charge in [-0.2, -0.15) is 0 Å². The van der Waals surface area contributed by atoms with Gasteiger partial charge in [0.2, 0.25) is 5.91 Å². The molecule has 1 atom stereocenters. The summed E-state index contributed by atoms with van der Waals surface area (Å²) in [7, 11) is 1.60. The molecule has 1 N–H and O–H groups in total. The van der Waals surface area contributed by atoms with E-state index in [2.05, 4.69) is 11.9 Å². The summed E-state index contributed by atoms with van der Waals surface area (Å²) in [6.45, 7) is 7.90. The van der Waals surface area contributed by atoms with Gasteiger partial charge in [-0.05, 0) is 49.7 Å². The number of carbonyl (C=O) groups is 2. The summed E-state index contributed by atoms with van der Waals surface area (Å²) in [5.41, 5.74) is 2.98. The highest BCUT2D eigenvalue weighted by atomic mass is 16.5. The number of fused-ring (bicyclic) bond motifs is 1. The Balaban J connectivity index is 1.76. The summed E-state index contributed by atoms with van der Waals surface area (Å²) < 4.78 is 10.8. The van der Waals surface area contributed by atoms with E-state index in [4.69, 9.17) is 9.47 Å². The Morgan fingerprint density at radius 1 is 1.25 bits per heavy atom. The van der Waals surface area contributed by atoms with Crippen molar-refractivity contribution in [2.75, 3.05) is 23.9 Å². The maximum Gasteiger partial charge on any atom is 0.268 e. The van der Waals surface area contributed by atoms with Gasteiger partial charge in [0, 0.05) is 12.2 Å². The van der Waals surface area contributed by atoms with E-state index in [1.54, 1.807) is 37.1 Å². The number of benzene rings is 2. The zero-order valence-electron chi connectivity index (χ0n) is 16.3. The van der Waals surface area contributed by atoms with Crippen molar-refractivity contribution in [2.24, 2.45) is 0 Å². The molecular weight excluding hydrogens is 356 g/mol. The number of nitrogens with one attached hydrogen (secondary N) is 1. The average Bonchev–Trinajstić information content (AvgIpc) is 2.66. The molecule has 1 heterocycles. The zero-order valence-corrected chi connectivity index (χ0v) is 16.3. The van der Waals surface area contributed by atoms with Crippen LogP contribution in [-0.2, 0) is 16.0 Å². The van der Waals surface area contributed by atoms with Crippen molar-refractivity contribution in [1.82, 2.24) is 0 Å². The molecule has 0 aromatic heterocycles. The molecule has 2 aromatic rings. The molecule has 28 heavy (non-hydrogen) atoms. The van der Waals surface area contributed by atoms with E-state index in [-0.39, 0.29) is 18.2 Å². The molecule has 2 aromatic carbocycles. The third-order valence-electron chi connectivity index (χ3n) is 4.40. The first-order chi connectivity index (χ1) is 13.4. The standard InChI is InChI=1S/C22H24N2O4/c1-14(2)13-24-19-12-17(7-10-20(19)28-15(3)22(24)26)23-21(25)11-16-5-8-18(27-4)9-6-16/h5-10,12,15H,1,11,13H2,2-4H3,(H,23,25). The summed E-state index contributed by atoms with van der Waals surface area (Å²) in [6.07, 6.45) is -0.314. The molecule has 6 heteroatoms. The van der Waals surface area contributed by atoms with Gasteiger partial charge < -0.3 is 19.7 Å². The van der Waals surface area contributed by atoms with Crippen molar-refractivity contribution < 1.29 is 19.1 Å². The summed E-state index contributed by atoms with van der Waals surface area (Å²) in [4.78, 5) is 26.6. The average molecular weight is 380 g/mol. The fourth-order valence-electron chi connectivity index (χ4n) is 3.05. The molecule has 3 rings (SSSR count). The minimum absolute atomic E-state index is 0.128. The highest BCUT2D eigenvalue weighted by Crippen LogP contribution is 2.36. The van der Waals surface area contributed by atoms with Crippen molar-refractivity contribution in [2.45, 2.75) is 26.4 Å². The second-order valence-electron chi connectivity index (χ2n) is 6.90. The molecule has 0 radical (unpaired) electrons. The van der Waals surface area contributed by atoms with Gasteiger partial charge >= 0.3 is 0 Å². The van der Waals surface area contributed by atoms with E-state index >= 15 is 0 Å². The Morgan fingerprint density at radius 3 is 2.61 bits per heavy atom. The maximum atomic E-state index is 12.5. The molecule has 1 aliphatic rings. The number of rotatable bonds is 6. The number of amides is 2. The van der Waals surface area contributed by atoms with Crippen molar-refractivity contribution in [3.8, 4) is 11.5 Å². The van der Waals surface area contributed by atoms with Crippen LogP contribution in [0.2, 0.25) is 0 Å². The Kier molecular flexibility index (Phi) is 5.68. The van der Waals surface area contributed by atoms with E-state index in [0.717, 1.165) is 16.9 Å². The van der Waals surface area contributed by atoms with Crippen LogP contribution >= 0.6 is 0 Å². The number of hydrogen-bond donors (Lipinski definition) is 1. The summed E-state index contributed by atoms with van der Waals surface area (Å²) in [5.74, 6) is 1.09. The number of hydrogen-bond acceptors (Lipinski definition) is 4. The van der Waals surface area contributed by atoms with Crippen LogP contribution in [0.4, 0.5) is 11.4 Å². The molecule has 6 nitrogen and oxygen atoms in total. The quantitative estimate of drug-likeness (QED) is 0.778. The fraction of sp³-hybridized carbons (Fsp3) is 0.273. The molecule has 0 bridgehead atoms. The molecule has 0 saturated carbocycles. The smallest absolute Gasteiger partial charge is 0.268 e. The lowest BCUT2D eigenvalue weighted by molar-refractivity contribution is -0.125. The first-order valence-electron chi connectivity index (χ1n) is 9.06. The third-order valence-corrected chi connectivity index (χ3v) is 4.40. The van der Waals surface area contributed by atoms with Crippen LogP contribution in [0.1, 0.15) is 19.4 Å². The summed E-state index contributed by atoms with van der Waals surface area (Å²) in [5, 5.41) is 2.88. The zero-order chi connectivity index (χ0) is 20.3. The molecule has 2 amide bonds. The van der Waals surface area contributed by atoms with Gasteiger partial charge in [0.05, 0.1) is 19.2 Å². The van der Waals surface area contributed by atoms with Gasteiger partial charge in [-0.25, -0.2) is 0 Å². The molecule has 0 fully saturated rings. The SMILES string of the molecule is C=C(C)CN1C(=O)C(C)Oc2ccc(NC(=O)Cc3ccc(OC)cc3)cc21. The highest BCUT2D eigenvalue weighted by Gasteiger charge is 2.31. The van der Waals surface area contributed by atoms with E-state index in [0.29, 0.717) is 23.7 Å². The monoisotopic (exact) mass is 380 g/mol. The normalized spacial score (nSPS) is 15.5. The lowest BCUT2D eigenvalue weighted by atomic mass is 10.1. The Hall–Kier alpha value is -3.28. The number of nitrogens with zero attached hydrogens (tertiary/aromatic N) is 1. The van der Waals surface area contributed by atoms with Crippen molar-refractivity contribution in [1.29, 1.82) is 0 Å². The first kappa shape index (κ1) is 19.5. The lowest BCUT2D eigenvalue weighted by Gasteiger charge is -2.33. The summed E-state index contributed by atoms with van der Waals surface area (Å²) >= 11 is 0. The predicted octanol–water partition coefficient (Wildman–Crippen LogP) is 3.57. The molecule has 0 aliphatic carbocycles. The topological polar surface area (TPSA) is 67.9 Å². The second kappa shape index (κ2) is 8.17. The van der Waals surface area contributed by atoms with Crippen LogP contribution < -0.4 is 19.7 Å². The Bertz CT molecular complexity index is 905. The molecule has 0 saturated heterocycles. The third kappa shape index (κ3) is 4.34. The number of methoxy groups -OCH3 is 1. The fourth-order valence-corrected chi connectivity index (χ4v) is 3.05. The van der Waals surface area contributed by atoms with Crippen LogP contribution in [0.15, 0.2) is 54.6 Å². The van der Waals surface area contributed by atoms with Crippen LogP contribution in [0.5, 0.6) is 11.5 Å². The minimum atomic E-state index is -0.553. The maximum absolute atomic E-state index is 12.5. The van der Waals surface area contributed by atoms with Gasteiger partial charge in [0.25, 0.3) is 5.91 Å². The lowest BCUT2D eigenvalue weighted by Crippen LogP contribution is -2.45. The van der Waals surface area contributed by atoms with Crippen molar-refractivity contribution in [3.05, 3.63) is 60.2 Å². The molecule has 0 spiro atoms. The van der Waals surface area contributed by atoms with Crippen molar-refractivity contribution >= 4 is 23.2 Å². The summed E-state index contributed by atoms with van der Waals surface area (Å²) in [6, 6.07) is 12.6. The van der Waals surface area contributed by atoms with Crippen molar-refractivity contribution in [3.63, 3.8) is 0 Å². The van der Waals surface area contributed by atoms with E-state index in [9.17, 15) is 9.59 Å². The van der Waals surface area contributed by atoms with Gasteiger partial charge in [0.1, 0.15) is 11.5 Å².